The van der Waals surface area contributed by atoms with Gasteiger partial charge in [-0.1, -0.05) is 6.07 Å². The summed E-state index contributed by atoms with van der Waals surface area (Å²) in [5.74, 6) is 0.417. The van der Waals surface area contributed by atoms with Crippen molar-refractivity contribution in [1.82, 2.24) is 15.0 Å². The van der Waals surface area contributed by atoms with Gasteiger partial charge in [0.1, 0.15) is 28.8 Å². The van der Waals surface area contributed by atoms with E-state index < -0.39 is 5.97 Å². The number of carboxylic acid groups (broad SMARTS) is 1. The molecule has 0 fully saturated rings. The molecule has 0 radical (unpaired) electrons. The zero-order valence-corrected chi connectivity index (χ0v) is 14.5. The second-order valence-corrected chi connectivity index (χ2v) is 6.69. The molecule has 1 aliphatic heterocycles. The number of fused-ring (bicyclic) bond motifs is 1. The zero-order valence-electron chi connectivity index (χ0n) is 13.7. The van der Waals surface area contributed by atoms with Crippen LogP contribution in [-0.4, -0.2) is 32.6 Å². The van der Waals surface area contributed by atoms with Crippen molar-refractivity contribution in [1.29, 1.82) is 0 Å². The van der Waals surface area contributed by atoms with Crippen LogP contribution in [0.3, 0.4) is 0 Å². The van der Waals surface area contributed by atoms with Gasteiger partial charge in [0, 0.05) is 35.3 Å². The first-order chi connectivity index (χ1) is 12.7. The van der Waals surface area contributed by atoms with Crippen LogP contribution in [0.5, 0.6) is 11.5 Å². The highest BCUT2D eigenvalue weighted by molar-refractivity contribution is 7.13. The van der Waals surface area contributed by atoms with Crippen molar-refractivity contribution in [3.05, 3.63) is 53.4 Å². The summed E-state index contributed by atoms with van der Waals surface area (Å²) in [5, 5.41) is 11.7. The Kier molecular flexibility index (Phi) is 4.49. The molecule has 2 aromatic heterocycles. The Morgan fingerprint density at radius 2 is 2.31 bits per heavy atom. The fourth-order valence-electron chi connectivity index (χ4n) is 2.78. The van der Waals surface area contributed by atoms with E-state index in [0.29, 0.717) is 24.7 Å². The lowest BCUT2D eigenvalue weighted by molar-refractivity contribution is -0.137. The maximum atomic E-state index is 10.9. The van der Waals surface area contributed by atoms with Crippen molar-refractivity contribution in [2.75, 3.05) is 6.61 Å². The van der Waals surface area contributed by atoms with Gasteiger partial charge >= 0.3 is 5.97 Å². The molecule has 0 amide bonds. The van der Waals surface area contributed by atoms with E-state index in [-0.39, 0.29) is 12.3 Å². The number of hydrogen-bond donors (Lipinski definition) is 1. The van der Waals surface area contributed by atoms with Gasteiger partial charge in [0.15, 0.2) is 0 Å². The lowest BCUT2D eigenvalue weighted by atomic mass is 9.98. The van der Waals surface area contributed by atoms with Crippen LogP contribution in [0.2, 0.25) is 0 Å². The maximum Gasteiger partial charge on any atom is 0.304 e. The quantitative estimate of drug-likeness (QED) is 0.713. The van der Waals surface area contributed by atoms with Gasteiger partial charge in [0.05, 0.1) is 24.9 Å². The topological polar surface area (TPSA) is 94.4 Å². The van der Waals surface area contributed by atoms with Crippen molar-refractivity contribution in [3.63, 3.8) is 0 Å². The molecule has 3 aromatic rings. The number of thiazole rings is 1. The Hall–Kier alpha value is -3.00. The van der Waals surface area contributed by atoms with E-state index in [2.05, 4.69) is 15.0 Å². The van der Waals surface area contributed by atoms with Gasteiger partial charge in [-0.25, -0.2) is 4.98 Å². The standard InChI is InChI=1S/C18H15N3O4S/c22-17(23)5-11-8-25-16-6-13(1-2-14(11)16)24-9-12-10-26-18(21-12)15-7-19-3-4-20-15/h1-4,6-7,10-11H,5,8-9H2,(H,22,23). The van der Waals surface area contributed by atoms with Crippen LogP contribution in [0.1, 0.15) is 23.6 Å². The molecule has 7 nitrogen and oxygen atoms in total. The minimum absolute atomic E-state index is 0.0666. The van der Waals surface area contributed by atoms with Crippen LogP contribution in [-0.2, 0) is 11.4 Å². The van der Waals surface area contributed by atoms with E-state index >= 15 is 0 Å². The molecule has 0 bridgehead atoms. The van der Waals surface area contributed by atoms with Crippen LogP contribution in [0, 0.1) is 0 Å². The second kappa shape index (κ2) is 7.09. The summed E-state index contributed by atoms with van der Waals surface area (Å²) >= 11 is 1.49. The van der Waals surface area contributed by atoms with Gasteiger partial charge < -0.3 is 14.6 Å². The van der Waals surface area contributed by atoms with Crippen molar-refractivity contribution in [3.8, 4) is 22.2 Å². The predicted octanol–water partition coefficient (Wildman–Crippen LogP) is 3.13. The SMILES string of the molecule is O=C(O)CC1COc2cc(OCc3csc(-c4cnccn4)n3)ccc21. The molecule has 1 aliphatic rings. The molecule has 0 spiro atoms. The first-order valence-corrected chi connectivity index (χ1v) is 8.89. The fraction of sp³-hybridized carbons (Fsp3) is 0.222. The predicted molar refractivity (Wildman–Crippen MR) is 94.4 cm³/mol. The summed E-state index contributed by atoms with van der Waals surface area (Å²) in [4.78, 5) is 23.7. The molecule has 26 heavy (non-hydrogen) atoms. The number of carboxylic acids is 1. The van der Waals surface area contributed by atoms with E-state index in [1.54, 1.807) is 24.7 Å². The average molecular weight is 369 g/mol. The van der Waals surface area contributed by atoms with Crippen molar-refractivity contribution >= 4 is 17.3 Å². The number of ether oxygens (including phenoxy) is 2. The normalized spacial score (nSPS) is 15.3. The Bertz CT molecular complexity index is 929. The highest BCUT2D eigenvalue weighted by Crippen LogP contribution is 2.38. The molecule has 1 unspecified atom stereocenters. The molecule has 0 saturated heterocycles. The van der Waals surface area contributed by atoms with Crippen LogP contribution in [0.4, 0.5) is 0 Å². The number of rotatable bonds is 6. The zero-order chi connectivity index (χ0) is 17.9. The van der Waals surface area contributed by atoms with Crippen molar-refractivity contribution in [2.24, 2.45) is 0 Å². The third kappa shape index (κ3) is 3.50. The van der Waals surface area contributed by atoms with E-state index in [4.69, 9.17) is 14.6 Å². The fourth-order valence-corrected chi connectivity index (χ4v) is 3.55. The average Bonchev–Trinajstić information content (AvgIpc) is 3.27. The van der Waals surface area contributed by atoms with Gasteiger partial charge in [-0.15, -0.1) is 11.3 Å². The maximum absolute atomic E-state index is 10.9. The third-order valence-corrected chi connectivity index (χ3v) is 4.92. The number of benzene rings is 1. The first kappa shape index (κ1) is 16.5. The minimum Gasteiger partial charge on any atom is -0.492 e. The molecule has 1 aromatic carbocycles. The summed E-state index contributed by atoms with van der Waals surface area (Å²) in [5.41, 5.74) is 2.46. The molecule has 3 heterocycles. The second-order valence-electron chi connectivity index (χ2n) is 5.83. The molecule has 0 aliphatic carbocycles. The van der Waals surface area contributed by atoms with Crippen LogP contribution >= 0.6 is 11.3 Å². The molecule has 4 rings (SSSR count). The summed E-state index contributed by atoms with van der Waals surface area (Å²) in [6, 6.07) is 5.50. The summed E-state index contributed by atoms with van der Waals surface area (Å²) in [7, 11) is 0. The lowest BCUT2D eigenvalue weighted by Crippen LogP contribution is -2.07. The largest absolute Gasteiger partial charge is 0.492 e. The van der Waals surface area contributed by atoms with Crippen molar-refractivity contribution < 1.29 is 19.4 Å². The van der Waals surface area contributed by atoms with Gasteiger partial charge in [-0.05, 0) is 6.07 Å². The van der Waals surface area contributed by atoms with E-state index in [0.717, 1.165) is 22.0 Å². The molecular formula is C18H15N3O4S. The minimum atomic E-state index is -0.825. The van der Waals surface area contributed by atoms with E-state index in [1.165, 1.54) is 11.3 Å². The molecule has 0 saturated carbocycles. The highest BCUT2D eigenvalue weighted by Gasteiger charge is 2.26. The van der Waals surface area contributed by atoms with Gasteiger partial charge in [0.25, 0.3) is 0 Å². The molecule has 1 N–H and O–H groups in total. The number of carbonyl (C=O) groups is 1. The Labute approximate surface area is 153 Å². The highest BCUT2D eigenvalue weighted by atomic mass is 32.1. The Morgan fingerprint density at radius 3 is 3.12 bits per heavy atom. The third-order valence-electron chi connectivity index (χ3n) is 4.01. The Balaban J connectivity index is 1.42. The first-order valence-electron chi connectivity index (χ1n) is 8.01. The summed E-state index contributed by atoms with van der Waals surface area (Å²) in [6.45, 7) is 0.715. The van der Waals surface area contributed by atoms with Crippen molar-refractivity contribution in [2.45, 2.75) is 18.9 Å². The molecular weight excluding hydrogens is 354 g/mol. The lowest BCUT2D eigenvalue weighted by Gasteiger charge is -2.07. The summed E-state index contributed by atoms with van der Waals surface area (Å²) in [6.07, 6.45) is 5.00. The van der Waals surface area contributed by atoms with Gasteiger partial charge in [-0.2, -0.15) is 0 Å². The van der Waals surface area contributed by atoms with Crippen LogP contribution < -0.4 is 9.47 Å². The van der Waals surface area contributed by atoms with Crippen LogP contribution in [0.25, 0.3) is 10.7 Å². The molecule has 132 valence electrons. The number of aliphatic carboxylic acids is 1. The van der Waals surface area contributed by atoms with E-state index in [9.17, 15) is 4.79 Å². The Morgan fingerprint density at radius 1 is 1.38 bits per heavy atom. The smallest absolute Gasteiger partial charge is 0.304 e. The van der Waals surface area contributed by atoms with Gasteiger partial charge in [0.2, 0.25) is 0 Å². The molecule has 1 atom stereocenters. The van der Waals surface area contributed by atoms with Crippen LogP contribution in [0.15, 0.2) is 42.2 Å². The number of nitrogens with zero attached hydrogens (tertiary/aromatic N) is 3. The monoisotopic (exact) mass is 369 g/mol. The summed E-state index contributed by atoms with van der Waals surface area (Å²) < 4.78 is 11.4. The molecule has 8 heteroatoms. The van der Waals surface area contributed by atoms with Gasteiger partial charge in [-0.3, -0.25) is 14.8 Å². The number of hydrogen-bond acceptors (Lipinski definition) is 7. The van der Waals surface area contributed by atoms with E-state index in [1.807, 2.05) is 17.5 Å². The number of aromatic nitrogens is 3.